The van der Waals surface area contributed by atoms with Gasteiger partial charge in [0.05, 0.1) is 17.5 Å². The van der Waals surface area contributed by atoms with Crippen LogP contribution in [0.2, 0.25) is 0 Å². The molecule has 0 amide bonds. The van der Waals surface area contributed by atoms with Crippen molar-refractivity contribution in [3.8, 4) is 17.2 Å². The van der Waals surface area contributed by atoms with Gasteiger partial charge in [-0.15, -0.1) is 0 Å². The maximum atomic E-state index is 13.0. The summed E-state index contributed by atoms with van der Waals surface area (Å²) in [7, 11) is 0. The number of aromatic hydroxyl groups is 1. The molecule has 148 valence electrons. The predicted octanol–water partition coefficient (Wildman–Crippen LogP) is 5.87. The molecule has 0 aliphatic carbocycles. The van der Waals surface area contributed by atoms with Crippen LogP contribution in [0.4, 0.5) is 0 Å². The number of carbonyl (C=O) groups is 1. The second-order valence-corrected chi connectivity index (χ2v) is 8.07. The molecule has 4 nitrogen and oxygen atoms in total. The number of phenolic OH excluding ortho intramolecular Hbond substituents is 1. The lowest BCUT2D eigenvalue weighted by molar-refractivity contribution is 0.0841. The average molecular weight is 388 g/mol. The fraction of sp³-hybridized carbons (Fsp3) is 0.240. The molecule has 2 aliphatic rings. The maximum absolute atomic E-state index is 13.0. The molecule has 0 aromatic heterocycles. The summed E-state index contributed by atoms with van der Waals surface area (Å²) < 4.78 is 12.4. The molecule has 1 atom stereocenters. The predicted molar refractivity (Wildman–Crippen MR) is 114 cm³/mol. The van der Waals surface area contributed by atoms with Gasteiger partial charge in [0.2, 0.25) is 0 Å². The van der Waals surface area contributed by atoms with E-state index in [2.05, 4.69) is 6.58 Å². The van der Waals surface area contributed by atoms with Crippen LogP contribution in [0.5, 0.6) is 17.2 Å². The van der Waals surface area contributed by atoms with Crippen LogP contribution in [0.3, 0.4) is 0 Å². The molecule has 0 bridgehead atoms. The standard InChI is InChI=1S/C25H24O4/c1-15(2)10-11-17-22(27)21-19(26)14-20(16-8-6-5-7-9-16)28-24(21)18-12-13-25(3,4)29-23(17)18/h5-13,20,27H,1,14H2,2-4H3. The first-order valence-electron chi connectivity index (χ1n) is 9.66. The Balaban J connectivity index is 1.92. The summed E-state index contributed by atoms with van der Waals surface area (Å²) >= 11 is 0. The summed E-state index contributed by atoms with van der Waals surface area (Å²) in [5.74, 6) is 0.622. The Labute approximate surface area is 170 Å². The van der Waals surface area contributed by atoms with Gasteiger partial charge < -0.3 is 14.6 Å². The highest BCUT2D eigenvalue weighted by molar-refractivity contribution is 6.06. The van der Waals surface area contributed by atoms with Crippen LogP contribution in [0, 0.1) is 0 Å². The second-order valence-electron chi connectivity index (χ2n) is 8.07. The average Bonchev–Trinajstić information content (AvgIpc) is 2.67. The number of phenols is 1. The molecule has 1 N–H and O–H groups in total. The van der Waals surface area contributed by atoms with Crippen LogP contribution < -0.4 is 9.47 Å². The zero-order chi connectivity index (χ0) is 20.8. The molecular formula is C25H24O4. The number of Topliss-reactive ketones (excluding diaryl/α,β-unsaturated/α-hetero) is 1. The fourth-order valence-corrected chi connectivity index (χ4v) is 3.64. The maximum Gasteiger partial charge on any atom is 0.174 e. The van der Waals surface area contributed by atoms with Crippen molar-refractivity contribution < 1.29 is 19.4 Å². The van der Waals surface area contributed by atoms with E-state index in [0.29, 0.717) is 22.6 Å². The molecule has 1 unspecified atom stereocenters. The minimum absolute atomic E-state index is 0.112. The SMILES string of the molecule is C=C(C)C=Cc1c(O)c2c(c3c1OC(C)(C)C=C3)OC(c1ccccc1)CC2=O. The van der Waals surface area contributed by atoms with Crippen LogP contribution in [0.15, 0.2) is 54.6 Å². The lowest BCUT2D eigenvalue weighted by Crippen LogP contribution is -2.29. The molecule has 2 aliphatic heterocycles. The number of hydrogen-bond acceptors (Lipinski definition) is 4. The van der Waals surface area contributed by atoms with Gasteiger partial charge in [-0.2, -0.15) is 0 Å². The molecule has 2 aromatic carbocycles. The highest BCUT2D eigenvalue weighted by Gasteiger charge is 2.37. The number of ketones is 1. The first kappa shape index (κ1) is 19.1. The van der Waals surface area contributed by atoms with E-state index in [1.807, 2.05) is 63.3 Å². The Bertz CT molecular complexity index is 1060. The zero-order valence-electron chi connectivity index (χ0n) is 16.9. The van der Waals surface area contributed by atoms with Gasteiger partial charge in [0.15, 0.2) is 5.78 Å². The third kappa shape index (κ3) is 3.46. The summed E-state index contributed by atoms with van der Waals surface area (Å²) in [6, 6.07) is 9.64. The van der Waals surface area contributed by atoms with Gasteiger partial charge in [-0.25, -0.2) is 0 Å². The lowest BCUT2D eigenvalue weighted by atomic mass is 9.89. The van der Waals surface area contributed by atoms with Crippen molar-refractivity contribution in [1.29, 1.82) is 0 Å². The van der Waals surface area contributed by atoms with Crippen LogP contribution in [0.25, 0.3) is 12.2 Å². The van der Waals surface area contributed by atoms with Crippen molar-refractivity contribution in [2.24, 2.45) is 0 Å². The van der Waals surface area contributed by atoms with Gasteiger partial charge >= 0.3 is 0 Å². The summed E-state index contributed by atoms with van der Waals surface area (Å²) in [6.45, 7) is 9.61. The summed E-state index contributed by atoms with van der Waals surface area (Å²) in [5, 5.41) is 11.0. The normalized spacial score (nSPS) is 19.3. The van der Waals surface area contributed by atoms with Gasteiger partial charge in [0, 0.05) is 0 Å². The molecule has 4 rings (SSSR count). The van der Waals surface area contributed by atoms with E-state index in [1.54, 1.807) is 12.2 Å². The third-order valence-electron chi connectivity index (χ3n) is 5.08. The first-order chi connectivity index (χ1) is 13.8. The van der Waals surface area contributed by atoms with Crippen LogP contribution in [0.1, 0.15) is 60.3 Å². The zero-order valence-corrected chi connectivity index (χ0v) is 16.9. The van der Waals surface area contributed by atoms with Crippen molar-refractivity contribution in [1.82, 2.24) is 0 Å². The molecule has 29 heavy (non-hydrogen) atoms. The quantitative estimate of drug-likeness (QED) is 0.668. The summed E-state index contributed by atoms with van der Waals surface area (Å²) in [6.07, 6.45) is 7.14. The van der Waals surface area contributed by atoms with E-state index in [9.17, 15) is 9.90 Å². The second kappa shape index (κ2) is 6.96. The Morgan fingerprint density at radius 2 is 1.97 bits per heavy atom. The van der Waals surface area contributed by atoms with Crippen LogP contribution in [-0.4, -0.2) is 16.5 Å². The van der Waals surface area contributed by atoms with Crippen molar-refractivity contribution in [2.75, 3.05) is 0 Å². The van der Waals surface area contributed by atoms with E-state index in [4.69, 9.17) is 9.47 Å². The van der Waals surface area contributed by atoms with Crippen LogP contribution >= 0.6 is 0 Å². The van der Waals surface area contributed by atoms with Crippen molar-refractivity contribution in [3.05, 3.63) is 76.9 Å². The first-order valence-corrected chi connectivity index (χ1v) is 9.66. The molecular weight excluding hydrogens is 364 g/mol. The number of allylic oxidation sites excluding steroid dienone is 2. The monoisotopic (exact) mass is 388 g/mol. The molecule has 0 saturated heterocycles. The highest BCUT2D eigenvalue weighted by Crippen LogP contribution is 2.51. The van der Waals surface area contributed by atoms with E-state index in [-0.39, 0.29) is 23.5 Å². The summed E-state index contributed by atoms with van der Waals surface area (Å²) in [4.78, 5) is 13.0. The van der Waals surface area contributed by atoms with Crippen molar-refractivity contribution >= 4 is 17.9 Å². The van der Waals surface area contributed by atoms with Crippen LogP contribution in [-0.2, 0) is 0 Å². The minimum Gasteiger partial charge on any atom is -0.506 e. The smallest absolute Gasteiger partial charge is 0.174 e. The van der Waals surface area contributed by atoms with Gasteiger partial charge in [-0.1, -0.05) is 48.6 Å². The van der Waals surface area contributed by atoms with Gasteiger partial charge in [0.1, 0.15) is 34.5 Å². The van der Waals surface area contributed by atoms with E-state index >= 15 is 0 Å². The minimum atomic E-state index is -0.545. The molecule has 0 spiro atoms. The lowest BCUT2D eigenvalue weighted by Gasteiger charge is -2.34. The fourth-order valence-electron chi connectivity index (χ4n) is 3.64. The topological polar surface area (TPSA) is 55.8 Å². The number of benzene rings is 2. The van der Waals surface area contributed by atoms with E-state index < -0.39 is 11.7 Å². The van der Waals surface area contributed by atoms with E-state index in [1.165, 1.54) is 0 Å². The number of rotatable bonds is 3. The highest BCUT2D eigenvalue weighted by atomic mass is 16.5. The molecule has 2 aromatic rings. The molecule has 4 heteroatoms. The van der Waals surface area contributed by atoms with Crippen molar-refractivity contribution in [3.63, 3.8) is 0 Å². The number of hydrogen-bond donors (Lipinski definition) is 1. The molecule has 0 radical (unpaired) electrons. The number of carbonyl (C=O) groups excluding carboxylic acids is 1. The van der Waals surface area contributed by atoms with Gasteiger partial charge in [0.25, 0.3) is 0 Å². The van der Waals surface area contributed by atoms with Gasteiger partial charge in [-0.05, 0) is 44.6 Å². The Morgan fingerprint density at radius 3 is 2.66 bits per heavy atom. The Kier molecular flexibility index (Phi) is 4.58. The van der Waals surface area contributed by atoms with Crippen molar-refractivity contribution in [2.45, 2.75) is 38.9 Å². The van der Waals surface area contributed by atoms with E-state index in [0.717, 1.165) is 11.1 Å². The number of fused-ring (bicyclic) bond motifs is 3. The Hall–Kier alpha value is -3.27. The molecule has 0 saturated carbocycles. The molecule has 2 heterocycles. The third-order valence-corrected chi connectivity index (χ3v) is 5.08. The summed E-state index contributed by atoms with van der Waals surface area (Å²) in [5.41, 5.74) is 2.56. The molecule has 0 fully saturated rings. The Morgan fingerprint density at radius 1 is 1.24 bits per heavy atom. The number of ether oxygens (including phenoxy) is 2. The largest absolute Gasteiger partial charge is 0.506 e. The van der Waals surface area contributed by atoms with Gasteiger partial charge in [-0.3, -0.25) is 4.79 Å².